The largest absolute Gasteiger partial charge is 0.403 e. The van der Waals surface area contributed by atoms with Gasteiger partial charge in [-0.05, 0) is 26.0 Å². The second-order valence-electron chi connectivity index (χ2n) is 6.00. The maximum Gasteiger partial charge on any atom is 0.322 e. The second-order valence-corrected chi connectivity index (χ2v) is 6.00. The summed E-state index contributed by atoms with van der Waals surface area (Å²) in [6.07, 6.45) is 0. The number of aromatic nitrogens is 2. The fraction of sp³-hybridized carbons (Fsp3) is 0.118. The minimum absolute atomic E-state index is 0.173. The van der Waals surface area contributed by atoms with E-state index < -0.39 is 27.1 Å². The van der Waals surface area contributed by atoms with Gasteiger partial charge in [-0.3, -0.25) is 30.3 Å². The van der Waals surface area contributed by atoms with E-state index in [4.69, 9.17) is 4.42 Å². The molecule has 0 aliphatic rings. The van der Waals surface area contributed by atoms with Gasteiger partial charge in [-0.15, -0.1) is 5.10 Å². The van der Waals surface area contributed by atoms with E-state index in [2.05, 4.69) is 15.5 Å². The maximum atomic E-state index is 12.3. The number of nitro groups is 2. The molecule has 11 heteroatoms. The average molecular weight is 383 g/mol. The second kappa shape index (κ2) is 7.23. The summed E-state index contributed by atoms with van der Waals surface area (Å²) in [5.41, 5.74) is 1.19. The Morgan fingerprint density at radius 1 is 0.929 bits per heavy atom. The molecule has 3 rings (SSSR count). The topological polar surface area (TPSA) is 154 Å². The lowest BCUT2D eigenvalue weighted by Crippen LogP contribution is -2.13. The van der Waals surface area contributed by atoms with Crippen LogP contribution in [0.15, 0.2) is 40.8 Å². The first-order valence-corrected chi connectivity index (χ1v) is 7.90. The van der Waals surface area contributed by atoms with Gasteiger partial charge < -0.3 is 4.42 Å². The highest BCUT2D eigenvalue weighted by atomic mass is 16.6. The number of carbonyl (C=O) groups excluding carboxylic acids is 1. The van der Waals surface area contributed by atoms with Crippen LogP contribution < -0.4 is 5.32 Å². The lowest BCUT2D eigenvalue weighted by molar-refractivity contribution is -0.394. The normalized spacial score (nSPS) is 10.5. The number of carbonyl (C=O) groups is 1. The molecule has 0 saturated heterocycles. The molecular formula is C17H13N5O6. The Kier molecular flexibility index (Phi) is 4.81. The highest BCUT2D eigenvalue weighted by molar-refractivity contribution is 6.04. The van der Waals surface area contributed by atoms with Crippen molar-refractivity contribution in [3.63, 3.8) is 0 Å². The highest BCUT2D eigenvalue weighted by Crippen LogP contribution is 2.25. The lowest BCUT2D eigenvalue weighted by Gasteiger charge is -2.02. The van der Waals surface area contributed by atoms with Crippen LogP contribution in [0.5, 0.6) is 0 Å². The molecule has 1 heterocycles. The van der Waals surface area contributed by atoms with E-state index in [0.717, 1.165) is 29.3 Å². The Balaban J connectivity index is 1.87. The van der Waals surface area contributed by atoms with Gasteiger partial charge in [0.15, 0.2) is 0 Å². The van der Waals surface area contributed by atoms with Crippen LogP contribution in [0, 0.1) is 34.1 Å². The van der Waals surface area contributed by atoms with Gasteiger partial charge in [0.1, 0.15) is 0 Å². The molecule has 142 valence electrons. The number of nitrogens with zero attached hydrogens (tertiary/aromatic N) is 4. The lowest BCUT2D eigenvalue weighted by atomic mass is 10.1. The number of rotatable bonds is 5. The van der Waals surface area contributed by atoms with Crippen LogP contribution in [0.25, 0.3) is 11.5 Å². The molecule has 0 aliphatic heterocycles. The summed E-state index contributed by atoms with van der Waals surface area (Å²) in [7, 11) is 0. The molecule has 0 saturated carbocycles. The molecule has 1 amide bonds. The van der Waals surface area contributed by atoms with Gasteiger partial charge >= 0.3 is 6.01 Å². The van der Waals surface area contributed by atoms with Crippen molar-refractivity contribution in [2.45, 2.75) is 13.8 Å². The van der Waals surface area contributed by atoms with Crippen molar-refractivity contribution in [1.29, 1.82) is 0 Å². The summed E-state index contributed by atoms with van der Waals surface area (Å²) < 4.78 is 5.41. The molecule has 0 atom stereocenters. The van der Waals surface area contributed by atoms with Crippen molar-refractivity contribution < 1.29 is 19.1 Å². The smallest absolute Gasteiger partial charge is 0.322 e. The Labute approximate surface area is 157 Å². The van der Waals surface area contributed by atoms with Crippen molar-refractivity contribution >= 4 is 23.3 Å². The monoisotopic (exact) mass is 383 g/mol. The van der Waals surface area contributed by atoms with E-state index in [0.29, 0.717) is 5.56 Å². The van der Waals surface area contributed by atoms with E-state index in [1.165, 1.54) is 0 Å². The SMILES string of the molecule is Cc1cc(C)cc(-c2nnc(NC(=O)c3cc([N+](=O)[O-])cc([N+](=O)[O-])c3)o2)c1. The van der Waals surface area contributed by atoms with Crippen LogP contribution in [-0.2, 0) is 0 Å². The molecule has 2 aromatic carbocycles. The number of anilines is 1. The summed E-state index contributed by atoms with van der Waals surface area (Å²) in [5, 5.41) is 31.7. The Bertz CT molecular complexity index is 1050. The van der Waals surface area contributed by atoms with Gasteiger partial charge in [-0.1, -0.05) is 22.3 Å². The van der Waals surface area contributed by atoms with Crippen LogP contribution in [-0.4, -0.2) is 26.0 Å². The molecule has 0 aliphatic carbocycles. The zero-order valence-electron chi connectivity index (χ0n) is 14.7. The number of hydrogen-bond acceptors (Lipinski definition) is 8. The molecule has 1 N–H and O–H groups in total. The predicted octanol–water partition coefficient (Wildman–Crippen LogP) is 3.42. The Hall–Kier alpha value is -4.15. The van der Waals surface area contributed by atoms with Crippen LogP contribution in [0.2, 0.25) is 0 Å². The first kappa shape index (κ1) is 18.6. The molecule has 0 spiro atoms. The van der Waals surface area contributed by atoms with E-state index in [9.17, 15) is 25.0 Å². The molecule has 0 radical (unpaired) electrons. The van der Waals surface area contributed by atoms with E-state index in [-0.39, 0.29) is 17.5 Å². The standard InChI is InChI=1S/C17H13N5O6/c1-9-3-10(2)5-12(4-9)16-19-20-17(28-16)18-15(23)11-6-13(21(24)25)8-14(7-11)22(26)27/h3-8H,1-2H3,(H,18,20,23). The number of non-ortho nitro benzene ring substituents is 2. The quantitative estimate of drug-likeness (QED) is 0.519. The minimum Gasteiger partial charge on any atom is -0.403 e. The number of hydrogen-bond donors (Lipinski definition) is 1. The summed E-state index contributed by atoms with van der Waals surface area (Å²) in [6, 6.07) is 7.99. The Morgan fingerprint density at radius 3 is 2.04 bits per heavy atom. The van der Waals surface area contributed by atoms with E-state index >= 15 is 0 Å². The van der Waals surface area contributed by atoms with Gasteiger partial charge in [0, 0.05) is 17.7 Å². The van der Waals surface area contributed by atoms with Crippen molar-refractivity contribution in [2.24, 2.45) is 0 Å². The molecule has 0 fully saturated rings. The summed E-state index contributed by atoms with van der Waals surface area (Å²) >= 11 is 0. The van der Waals surface area contributed by atoms with Gasteiger partial charge in [0.05, 0.1) is 21.5 Å². The van der Waals surface area contributed by atoms with Gasteiger partial charge in [-0.25, -0.2) is 0 Å². The average Bonchev–Trinajstić information content (AvgIpc) is 3.09. The summed E-state index contributed by atoms with van der Waals surface area (Å²) in [6.45, 7) is 3.82. The predicted molar refractivity (Wildman–Crippen MR) is 96.9 cm³/mol. The first-order valence-electron chi connectivity index (χ1n) is 7.90. The zero-order chi connectivity index (χ0) is 20.4. The molecule has 0 unspecified atom stereocenters. The van der Waals surface area contributed by atoms with Crippen molar-refractivity contribution in [3.8, 4) is 11.5 Å². The molecular weight excluding hydrogens is 370 g/mol. The molecule has 0 bridgehead atoms. The third-order valence-electron chi connectivity index (χ3n) is 3.70. The zero-order valence-corrected chi connectivity index (χ0v) is 14.7. The third-order valence-corrected chi connectivity index (χ3v) is 3.70. The van der Waals surface area contributed by atoms with Crippen molar-refractivity contribution in [1.82, 2.24) is 10.2 Å². The van der Waals surface area contributed by atoms with E-state index in [1.54, 1.807) is 0 Å². The number of aryl methyl sites for hydroxylation is 2. The highest BCUT2D eigenvalue weighted by Gasteiger charge is 2.21. The first-order chi connectivity index (χ1) is 13.2. The van der Waals surface area contributed by atoms with Crippen molar-refractivity contribution in [3.05, 3.63) is 73.3 Å². The summed E-state index contributed by atoms with van der Waals surface area (Å²) in [5.74, 6) is -0.686. The molecule has 11 nitrogen and oxygen atoms in total. The number of amides is 1. The van der Waals surface area contributed by atoms with Crippen LogP contribution in [0.1, 0.15) is 21.5 Å². The van der Waals surface area contributed by atoms with Crippen molar-refractivity contribution in [2.75, 3.05) is 5.32 Å². The molecule has 28 heavy (non-hydrogen) atoms. The summed E-state index contributed by atoms with van der Waals surface area (Å²) in [4.78, 5) is 32.6. The maximum absolute atomic E-state index is 12.3. The minimum atomic E-state index is -0.859. The number of benzene rings is 2. The number of nitrogens with one attached hydrogen (secondary N) is 1. The third kappa shape index (κ3) is 3.98. The molecule has 1 aromatic heterocycles. The van der Waals surface area contributed by atoms with Crippen LogP contribution in [0.3, 0.4) is 0 Å². The van der Waals surface area contributed by atoms with E-state index in [1.807, 2.05) is 32.0 Å². The van der Waals surface area contributed by atoms with Gasteiger partial charge in [-0.2, -0.15) is 0 Å². The van der Waals surface area contributed by atoms with Crippen LogP contribution in [0.4, 0.5) is 17.4 Å². The molecule has 3 aromatic rings. The number of nitro benzene ring substituents is 2. The Morgan fingerprint density at radius 2 is 1.50 bits per heavy atom. The van der Waals surface area contributed by atoms with Gasteiger partial charge in [0.25, 0.3) is 17.3 Å². The van der Waals surface area contributed by atoms with Crippen LogP contribution >= 0.6 is 0 Å². The fourth-order valence-corrected chi connectivity index (χ4v) is 2.59. The van der Waals surface area contributed by atoms with Gasteiger partial charge in [0.2, 0.25) is 5.89 Å². The fourth-order valence-electron chi connectivity index (χ4n) is 2.59.